The molecule has 0 atom stereocenters. The molecule has 0 bridgehead atoms. The third-order valence-electron chi connectivity index (χ3n) is 4.78. The summed E-state index contributed by atoms with van der Waals surface area (Å²) in [5.74, 6) is 0.348. The van der Waals surface area contributed by atoms with Crippen molar-refractivity contribution in [3.63, 3.8) is 0 Å². The maximum atomic E-state index is 12.4. The van der Waals surface area contributed by atoms with Crippen molar-refractivity contribution in [3.05, 3.63) is 54.0 Å². The van der Waals surface area contributed by atoms with E-state index in [0.29, 0.717) is 31.7 Å². The molecule has 6 heteroatoms. The first kappa shape index (κ1) is 18.0. The topological polar surface area (TPSA) is 80.0 Å². The Morgan fingerprint density at radius 1 is 1.23 bits per heavy atom. The Morgan fingerprint density at radius 3 is 2.62 bits per heavy atom. The first-order valence-corrected chi connectivity index (χ1v) is 8.78. The number of rotatable bonds is 6. The maximum absolute atomic E-state index is 12.4. The second-order valence-electron chi connectivity index (χ2n) is 6.68. The standard InChI is InChI=1S/C20H23NO5/c1-15-4-2-5-17(14-15)26-20(19(23)24)9-11-21(12-10-20)18(22)8-7-16-6-3-13-25-16/h2-6,13-14H,7-12H2,1H3,(H,23,24). The van der Waals surface area contributed by atoms with E-state index < -0.39 is 11.6 Å². The van der Waals surface area contributed by atoms with Gasteiger partial charge in [0.1, 0.15) is 11.5 Å². The molecule has 1 aliphatic heterocycles. The van der Waals surface area contributed by atoms with Gasteiger partial charge >= 0.3 is 5.97 Å². The van der Waals surface area contributed by atoms with Gasteiger partial charge in [0.2, 0.25) is 11.5 Å². The van der Waals surface area contributed by atoms with Crippen LogP contribution in [0.3, 0.4) is 0 Å². The van der Waals surface area contributed by atoms with E-state index in [4.69, 9.17) is 9.15 Å². The molecule has 2 aromatic rings. The first-order valence-electron chi connectivity index (χ1n) is 8.78. The number of hydrogen-bond acceptors (Lipinski definition) is 4. The zero-order valence-corrected chi connectivity index (χ0v) is 14.8. The van der Waals surface area contributed by atoms with Gasteiger partial charge in [-0.05, 0) is 36.8 Å². The highest BCUT2D eigenvalue weighted by Gasteiger charge is 2.44. The number of aliphatic carboxylic acids is 1. The molecule has 138 valence electrons. The predicted octanol–water partition coefficient (Wildman–Crippen LogP) is 3.05. The summed E-state index contributed by atoms with van der Waals surface area (Å²) in [4.78, 5) is 26.0. The number of aryl methyl sites for hydroxylation is 2. The van der Waals surface area contributed by atoms with Crippen molar-refractivity contribution in [2.75, 3.05) is 13.1 Å². The fourth-order valence-corrected chi connectivity index (χ4v) is 3.22. The Hall–Kier alpha value is -2.76. The summed E-state index contributed by atoms with van der Waals surface area (Å²) >= 11 is 0. The number of carboxylic acid groups (broad SMARTS) is 1. The van der Waals surface area contributed by atoms with E-state index in [2.05, 4.69) is 0 Å². The molecule has 1 saturated heterocycles. The minimum atomic E-state index is -1.29. The van der Waals surface area contributed by atoms with Crippen LogP contribution in [0, 0.1) is 6.92 Å². The van der Waals surface area contributed by atoms with Crippen LogP contribution in [0.5, 0.6) is 5.75 Å². The van der Waals surface area contributed by atoms with Crippen molar-refractivity contribution >= 4 is 11.9 Å². The third kappa shape index (κ3) is 4.07. The molecule has 26 heavy (non-hydrogen) atoms. The highest BCUT2D eigenvalue weighted by atomic mass is 16.5. The van der Waals surface area contributed by atoms with Crippen molar-refractivity contribution in [1.29, 1.82) is 0 Å². The quantitative estimate of drug-likeness (QED) is 0.859. The minimum absolute atomic E-state index is 0.0101. The fraction of sp³-hybridized carbons (Fsp3) is 0.400. The largest absolute Gasteiger partial charge is 0.478 e. The van der Waals surface area contributed by atoms with E-state index in [0.717, 1.165) is 11.3 Å². The monoisotopic (exact) mass is 357 g/mol. The summed E-state index contributed by atoms with van der Waals surface area (Å²) in [5.41, 5.74) is -0.278. The van der Waals surface area contributed by atoms with Crippen LogP contribution in [0.25, 0.3) is 0 Å². The Labute approximate surface area is 152 Å². The van der Waals surface area contributed by atoms with Gasteiger partial charge < -0.3 is 19.2 Å². The summed E-state index contributed by atoms with van der Waals surface area (Å²) < 4.78 is 11.1. The molecule has 1 aromatic heterocycles. The Morgan fingerprint density at radius 2 is 2.00 bits per heavy atom. The molecule has 1 fully saturated rings. The van der Waals surface area contributed by atoms with Gasteiger partial charge in [-0.25, -0.2) is 4.79 Å². The molecular weight excluding hydrogens is 334 g/mol. The van der Waals surface area contributed by atoms with Gasteiger partial charge in [-0.3, -0.25) is 4.79 Å². The molecule has 1 amide bonds. The van der Waals surface area contributed by atoms with E-state index in [1.807, 2.05) is 31.2 Å². The highest BCUT2D eigenvalue weighted by molar-refractivity contribution is 5.80. The van der Waals surface area contributed by atoms with Crippen LogP contribution in [-0.4, -0.2) is 40.6 Å². The van der Waals surface area contributed by atoms with Crippen molar-refractivity contribution < 1.29 is 23.8 Å². The number of ether oxygens (including phenoxy) is 1. The zero-order chi connectivity index (χ0) is 18.6. The second-order valence-corrected chi connectivity index (χ2v) is 6.68. The predicted molar refractivity (Wildman–Crippen MR) is 95.0 cm³/mol. The van der Waals surface area contributed by atoms with E-state index >= 15 is 0 Å². The summed E-state index contributed by atoms with van der Waals surface area (Å²) in [7, 11) is 0. The zero-order valence-electron chi connectivity index (χ0n) is 14.8. The first-order chi connectivity index (χ1) is 12.5. The normalized spacial score (nSPS) is 16.3. The van der Waals surface area contributed by atoms with Crippen molar-refractivity contribution in [2.45, 2.75) is 38.2 Å². The lowest BCUT2D eigenvalue weighted by Gasteiger charge is -2.39. The molecule has 3 rings (SSSR count). The van der Waals surface area contributed by atoms with E-state index in [1.165, 1.54) is 0 Å². The molecule has 0 saturated carbocycles. The molecule has 2 heterocycles. The van der Waals surface area contributed by atoms with Crippen LogP contribution < -0.4 is 4.74 Å². The molecule has 0 spiro atoms. The van der Waals surface area contributed by atoms with Crippen molar-refractivity contribution in [1.82, 2.24) is 4.90 Å². The van der Waals surface area contributed by atoms with Crippen molar-refractivity contribution in [3.8, 4) is 5.75 Å². The Balaban J connectivity index is 1.60. The van der Waals surface area contributed by atoms with Crippen LogP contribution in [0.15, 0.2) is 47.1 Å². The Kier molecular flexibility index (Phi) is 5.30. The van der Waals surface area contributed by atoms with Gasteiger partial charge in [0, 0.05) is 38.8 Å². The number of piperidine rings is 1. The van der Waals surface area contributed by atoms with Crippen LogP contribution in [0.4, 0.5) is 0 Å². The lowest BCUT2D eigenvalue weighted by Crippen LogP contribution is -2.54. The summed E-state index contributed by atoms with van der Waals surface area (Å²) in [5, 5.41) is 9.73. The molecule has 0 aliphatic carbocycles. The SMILES string of the molecule is Cc1cccc(OC2(C(=O)O)CCN(C(=O)CCc3ccco3)CC2)c1. The van der Waals surface area contributed by atoms with Gasteiger partial charge in [-0.2, -0.15) is 0 Å². The highest BCUT2D eigenvalue weighted by Crippen LogP contribution is 2.30. The van der Waals surface area contributed by atoms with Gasteiger partial charge in [0.05, 0.1) is 6.26 Å². The van der Waals surface area contributed by atoms with Gasteiger partial charge in [0.15, 0.2) is 0 Å². The average molecular weight is 357 g/mol. The molecule has 0 radical (unpaired) electrons. The molecule has 1 aromatic carbocycles. The molecular formula is C20H23NO5. The number of nitrogens with zero attached hydrogens (tertiary/aromatic N) is 1. The van der Waals surface area contributed by atoms with Crippen LogP contribution >= 0.6 is 0 Å². The van der Waals surface area contributed by atoms with E-state index in [-0.39, 0.29) is 18.7 Å². The lowest BCUT2D eigenvalue weighted by atomic mass is 9.90. The smallest absolute Gasteiger partial charge is 0.348 e. The molecule has 0 unspecified atom stereocenters. The Bertz CT molecular complexity index is 760. The molecule has 1 aliphatic rings. The fourth-order valence-electron chi connectivity index (χ4n) is 3.22. The molecule has 6 nitrogen and oxygen atoms in total. The number of carbonyl (C=O) groups is 2. The van der Waals surface area contributed by atoms with Gasteiger partial charge in [-0.15, -0.1) is 0 Å². The van der Waals surface area contributed by atoms with Crippen LogP contribution in [0.1, 0.15) is 30.6 Å². The summed E-state index contributed by atoms with van der Waals surface area (Å²) in [6, 6.07) is 11.0. The number of furan rings is 1. The van der Waals surface area contributed by atoms with Crippen molar-refractivity contribution in [2.24, 2.45) is 0 Å². The second kappa shape index (κ2) is 7.64. The number of amides is 1. The molecule has 1 N–H and O–H groups in total. The number of carboxylic acids is 1. The lowest BCUT2D eigenvalue weighted by molar-refractivity contribution is -0.161. The van der Waals surface area contributed by atoms with Crippen LogP contribution in [-0.2, 0) is 16.0 Å². The van der Waals surface area contributed by atoms with Crippen LogP contribution in [0.2, 0.25) is 0 Å². The third-order valence-corrected chi connectivity index (χ3v) is 4.78. The maximum Gasteiger partial charge on any atom is 0.348 e. The summed E-state index contributed by atoms with van der Waals surface area (Å²) in [6.45, 7) is 2.67. The minimum Gasteiger partial charge on any atom is -0.478 e. The van der Waals surface area contributed by atoms with E-state index in [9.17, 15) is 14.7 Å². The number of hydrogen-bond donors (Lipinski definition) is 1. The average Bonchev–Trinajstić information content (AvgIpc) is 3.14. The van der Waals surface area contributed by atoms with E-state index in [1.54, 1.807) is 23.3 Å². The van der Waals surface area contributed by atoms with Gasteiger partial charge in [-0.1, -0.05) is 12.1 Å². The number of carbonyl (C=O) groups excluding carboxylic acids is 1. The number of likely N-dealkylation sites (tertiary alicyclic amines) is 1. The van der Waals surface area contributed by atoms with Gasteiger partial charge in [0.25, 0.3) is 0 Å². The summed E-state index contributed by atoms with van der Waals surface area (Å²) in [6.07, 6.45) is 3.02. The number of benzene rings is 1.